The van der Waals surface area contributed by atoms with Crippen molar-refractivity contribution in [2.45, 2.75) is 20.8 Å². The van der Waals surface area contributed by atoms with Gasteiger partial charge < -0.3 is 10.6 Å². The summed E-state index contributed by atoms with van der Waals surface area (Å²) in [6.45, 7) is 8.28. The number of nitrogens with zero attached hydrogens (tertiary/aromatic N) is 2. The lowest BCUT2D eigenvalue weighted by Gasteiger charge is -2.26. The van der Waals surface area contributed by atoms with E-state index in [0.717, 1.165) is 24.3 Å². The number of nitrogens with two attached hydrogens (primary N) is 1. The maximum atomic E-state index is 7.55. The smallest absolute Gasteiger partial charge is 0.125 e. The Morgan fingerprint density at radius 2 is 2.25 bits per heavy atom. The van der Waals surface area contributed by atoms with E-state index in [2.05, 4.69) is 30.7 Å². The van der Waals surface area contributed by atoms with Crippen molar-refractivity contribution in [1.82, 2.24) is 4.98 Å². The van der Waals surface area contributed by atoms with Crippen molar-refractivity contribution in [1.29, 1.82) is 5.41 Å². The summed E-state index contributed by atoms with van der Waals surface area (Å²) in [6.07, 6.45) is 3.45. The highest BCUT2D eigenvalue weighted by Gasteiger charge is 2.12. The van der Waals surface area contributed by atoms with Crippen molar-refractivity contribution in [3.05, 3.63) is 24.0 Å². The predicted molar refractivity (Wildman–Crippen MR) is 68.0 cm³/mol. The molecule has 0 unspecified atom stereocenters. The first-order valence-corrected chi connectivity index (χ1v) is 5.59. The Morgan fingerprint density at radius 3 is 2.75 bits per heavy atom. The molecule has 0 aliphatic carbocycles. The predicted octanol–water partition coefficient (Wildman–Crippen LogP) is 1.85. The average molecular weight is 220 g/mol. The number of pyridine rings is 1. The second kappa shape index (κ2) is 5.49. The number of rotatable bonds is 5. The molecule has 1 rings (SSSR count). The van der Waals surface area contributed by atoms with E-state index in [1.165, 1.54) is 0 Å². The lowest BCUT2D eigenvalue weighted by molar-refractivity contribution is 0.618. The second-order valence-corrected chi connectivity index (χ2v) is 4.24. The molecule has 0 fully saturated rings. The zero-order valence-electron chi connectivity index (χ0n) is 10.2. The van der Waals surface area contributed by atoms with E-state index in [-0.39, 0.29) is 5.84 Å². The first-order valence-electron chi connectivity index (χ1n) is 5.59. The van der Waals surface area contributed by atoms with Crippen molar-refractivity contribution in [3.8, 4) is 0 Å². The highest BCUT2D eigenvalue weighted by Crippen LogP contribution is 2.19. The van der Waals surface area contributed by atoms with E-state index < -0.39 is 0 Å². The standard InChI is InChI=1S/C12H20N4/c1-4-16(8-9(2)3)11-7-15-6-5-10(11)12(13)14/h5-7,9H,4,8H2,1-3H3,(H3,13,14). The minimum atomic E-state index is 0.0969. The fourth-order valence-electron chi connectivity index (χ4n) is 1.70. The van der Waals surface area contributed by atoms with Crippen LogP contribution in [-0.2, 0) is 0 Å². The highest BCUT2D eigenvalue weighted by atomic mass is 15.1. The number of aromatic nitrogens is 1. The van der Waals surface area contributed by atoms with Crippen LogP contribution in [-0.4, -0.2) is 23.9 Å². The molecule has 88 valence electrons. The molecule has 1 aromatic heterocycles. The summed E-state index contributed by atoms with van der Waals surface area (Å²) >= 11 is 0. The zero-order chi connectivity index (χ0) is 12.1. The van der Waals surface area contributed by atoms with Gasteiger partial charge in [-0.3, -0.25) is 10.4 Å². The molecule has 4 nitrogen and oxygen atoms in total. The largest absolute Gasteiger partial charge is 0.384 e. The molecule has 0 atom stereocenters. The van der Waals surface area contributed by atoms with E-state index in [4.69, 9.17) is 11.1 Å². The van der Waals surface area contributed by atoms with E-state index >= 15 is 0 Å². The molecule has 1 aromatic rings. The molecule has 4 heteroatoms. The van der Waals surface area contributed by atoms with Crippen LogP contribution in [0.25, 0.3) is 0 Å². The molecule has 0 saturated carbocycles. The van der Waals surface area contributed by atoms with Gasteiger partial charge in [-0.2, -0.15) is 0 Å². The van der Waals surface area contributed by atoms with Crippen molar-refractivity contribution >= 4 is 11.5 Å². The van der Waals surface area contributed by atoms with E-state index in [1.54, 1.807) is 18.5 Å². The summed E-state index contributed by atoms with van der Waals surface area (Å²) in [4.78, 5) is 6.31. The number of anilines is 1. The number of hydrogen-bond donors (Lipinski definition) is 2. The number of hydrogen-bond acceptors (Lipinski definition) is 3. The Labute approximate surface area is 97.0 Å². The number of amidine groups is 1. The maximum absolute atomic E-state index is 7.55. The summed E-state index contributed by atoms with van der Waals surface area (Å²) in [5.74, 6) is 0.666. The van der Waals surface area contributed by atoms with Gasteiger partial charge in [0.15, 0.2) is 0 Å². The summed E-state index contributed by atoms with van der Waals surface area (Å²) < 4.78 is 0. The van der Waals surface area contributed by atoms with Crippen LogP contribution in [0.15, 0.2) is 18.5 Å². The minimum absolute atomic E-state index is 0.0969. The van der Waals surface area contributed by atoms with E-state index in [9.17, 15) is 0 Å². The van der Waals surface area contributed by atoms with Crippen molar-refractivity contribution < 1.29 is 0 Å². The molecule has 3 N–H and O–H groups in total. The van der Waals surface area contributed by atoms with Gasteiger partial charge in [0.25, 0.3) is 0 Å². The van der Waals surface area contributed by atoms with Gasteiger partial charge in [-0.1, -0.05) is 13.8 Å². The zero-order valence-corrected chi connectivity index (χ0v) is 10.2. The van der Waals surface area contributed by atoms with Gasteiger partial charge in [0, 0.05) is 24.8 Å². The Kier molecular flexibility index (Phi) is 4.28. The van der Waals surface area contributed by atoms with Crippen LogP contribution < -0.4 is 10.6 Å². The Morgan fingerprint density at radius 1 is 1.56 bits per heavy atom. The molecule has 0 saturated heterocycles. The summed E-state index contributed by atoms with van der Waals surface area (Å²) in [5, 5.41) is 7.55. The molecule has 0 aliphatic heterocycles. The van der Waals surface area contributed by atoms with Crippen LogP contribution in [0.1, 0.15) is 26.3 Å². The van der Waals surface area contributed by atoms with Crippen LogP contribution in [0.5, 0.6) is 0 Å². The van der Waals surface area contributed by atoms with Crippen molar-refractivity contribution in [2.24, 2.45) is 11.7 Å². The number of nitrogens with one attached hydrogen (secondary N) is 1. The van der Waals surface area contributed by atoms with Crippen LogP contribution >= 0.6 is 0 Å². The molecule has 0 aromatic carbocycles. The minimum Gasteiger partial charge on any atom is -0.384 e. The third-order valence-corrected chi connectivity index (χ3v) is 2.40. The van der Waals surface area contributed by atoms with Gasteiger partial charge >= 0.3 is 0 Å². The summed E-state index contributed by atoms with van der Waals surface area (Å²) in [6, 6.07) is 1.79. The summed E-state index contributed by atoms with van der Waals surface area (Å²) in [7, 11) is 0. The van der Waals surface area contributed by atoms with Gasteiger partial charge in [-0.15, -0.1) is 0 Å². The van der Waals surface area contributed by atoms with Crippen LogP contribution in [0.2, 0.25) is 0 Å². The average Bonchev–Trinajstić information content (AvgIpc) is 2.25. The Hall–Kier alpha value is -1.58. The van der Waals surface area contributed by atoms with Gasteiger partial charge in [-0.25, -0.2) is 0 Å². The highest BCUT2D eigenvalue weighted by molar-refractivity contribution is 6.00. The third kappa shape index (κ3) is 2.95. The molecule has 0 aliphatic rings. The molecule has 0 bridgehead atoms. The lowest BCUT2D eigenvalue weighted by atomic mass is 10.1. The topological polar surface area (TPSA) is 66.0 Å². The van der Waals surface area contributed by atoms with E-state index in [1.807, 2.05) is 0 Å². The quantitative estimate of drug-likeness (QED) is 0.588. The first-order chi connectivity index (χ1) is 7.56. The lowest BCUT2D eigenvalue weighted by Crippen LogP contribution is -2.29. The molecular weight excluding hydrogens is 200 g/mol. The van der Waals surface area contributed by atoms with Crippen LogP contribution in [0.4, 0.5) is 5.69 Å². The van der Waals surface area contributed by atoms with Gasteiger partial charge in [-0.05, 0) is 18.9 Å². The molecule has 0 radical (unpaired) electrons. The van der Waals surface area contributed by atoms with Crippen molar-refractivity contribution in [3.63, 3.8) is 0 Å². The van der Waals surface area contributed by atoms with Crippen molar-refractivity contribution in [2.75, 3.05) is 18.0 Å². The van der Waals surface area contributed by atoms with E-state index in [0.29, 0.717) is 5.92 Å². The Balaban J connectivity index is 3.04. The van der Waals surface area contributed by atoms with Crippen LogP contribution in [0, 0.1) is 11.3 Å². The molecular formula is C12H20N4. The maximum Gasteiger partial charge on any atom is 0.125 e. The van der Waals surface area contributed by atoms with Gasteiger partial charge in [0.2, 0.25) is 0 Å². The van der Waals surface area contributed by atoms with Crippen LogP contribution in [0.3, 0.4) is 0 Å². The molecule has 0 amide bonds. The monoisotopic (exact) mass is 220 g/mol. The fourth-order valence-corrected chi connectivity index (χ4v) is 1.70. The SMILES string of the molecule is CCN(CC(C)C)c1cnccc1C(=N)N. The fraction of sp³-hybridized carbons (Fsp3) is 0.500. The van der Waals surface area contributed by atoms with Gasteiger partial charge in [0.1, 0.15) is 5.84 Å². The van der Waals surface area contributed by atoms with Gasteiger partial charge in [0.05, 0.1) is 11.9 Å². The first kappa shape index (κ1) is 12.5. The number of nitrogen functional groups attached to an aromatic ring is 1. The Bertz CT molecular complexity index is 360. The third-order valence-electron chi connectivity index (χ3n) is 2.40. The molecule has 1 heterocycles. The summed E-state index contributed by atoms with van der Waals surface area (Å²) in [5.41, 5.74) is 7.28. The normalized spacial score (nSPS) is 10.5. The molecule has 0 spiro atoms. The second-order valence-electron chi connectivity index (χ2n) is 4.24. The molecule has 16 heavy (non-hydrogen) atoms.